The molecule has 1 aliphatic carbocycles. The van der Waals surface area contributed by atoms with Crippen LogP contribution in [-0.4, -0.2) is 37.1 Å². The van der Waals surface area contributed by atoms with Crippen LogP contribution >= 0.6 is 0 Å². The molecule has 2 nitrogen and oxygen atoms in total. The molecular formula is C14H28N2. The summed E-state index contributed by atoms with van der Waals surface area (Å²) in [5, 5.41) is 3.81. The van der Waals surface area contributed by atoms with Gasteiger partial charge in [0.25, 0.3) is 0 Å². The van der Waals surface area contributed by atoms with Crippen molar-refractivity contribution in [1.29, 1.82) is 0 Å². The lowest BCUT2D eigenvalue weighted by Gasteiger charge is -2.37. The maximum atomic E-state index is 3.81. The molecule has 0 aromatic carbocycles. The SMILES string of the molecule is CCN1CCC(NCC(C)C2CC2)C(C)C1. The Morgan fingerprint density at radius 1 is 1.31 bits per heavy atom. The van der Waals surface area contributed by atoms with Gasteiger partial charge in [0.15, 0.2) is 0 Å². The summed E-state index contributed by atoms with van der Waals surface area (Å²) < 4.78 is 0. The summed E-state index contributed by atoms with van der Waals surface area (Å²) in [6, 6.07) is 0.768. The van der Waals surface area contributed by atoms with E-state index in [4.69, 9.17) is 0 Å². The highest BCUT2D eigenvalue weighted by Gasteiger charge is 2.30. The first-order valence-corrected chi connectivity index (χ1v) is 7.16. The van der Waals surface area contributed by atoms with Crippen LogP contribution in [0.2, 0.25) is 0 Å². The standard InChI is InChI=1S/C14H28N2/c1-4-16-8-7-14(12(3)10-16)15-9-11(2)13-5-6-13/h11-15H,4-10H2,1-3H3. The Hall–Kier alpha value is -0.0800. The minimum Gasteiger partial charge on any atom is -0.313 e. The number of nitrogens with zero attached hydrogens (tertiary/aromatic N) is 1. The number of hydrogen-bond acceptors (Lipinski definition) is 2. The summed E-state index contributed by atoms with van der Waals surface area (Å²) in [7, 11) is 0. The lowest BCUT2D eigenvalue weighted by Crippen LogP contribution is -2.49. The number of likely N-dealkylation sites (tertiary alicyclic amines) is 1. The predicted molar refractivity (Wildman–Crippen MR) is 69.6 cm³/mol. The van der Waals surface area contributed by atoms with Gasteiger partial charge in [-0.05, 0) is 56.7 Å². The van der Waals surface area contributed by atoms with Crippen molar-refractivity contribution in [3.8, 4) is 0 Å². The molecule has 1 N–H and O–H groups in total. The molecule has 0 aromatic rings. The highest BCUT2D eigenvalue weighted by Crippen LogP contribution is 2.36. The molecule has 1 saturated carbocycles. The molecule has 16 heavy (non-hydrogen) atoms. The molecule has 3 unspecified atom stereocenters. The van der Waals surface area contributed by atoms with Gasteiger partial charge in [0.2, 0.25) is 0 Å². The lowest BCUT2D eigenvalue weighted by molar-refractivity contribution is 0.150. The highest BCUT2D eigenvalue weighted by atomic mass is 15.1. The Balaban J connectivity index is 1.69. The van der Waals surface area contributed by atoms with Crippen LogP contribution in [0.1, 0.15) is 40.0 Å². The number of piperidine rings is 1. The first-order chi connectivity index (χ1) is 7.70. The van der Waals surface area contributed by atoms with E-state index in [0.29, 0.717) is 0 Å². The van der Waals surface area contributed by atoms with Crippen molar-refractivity contribution >= 4 is 0 Å². The van der Waals surface area contributed by atoms with Crippen molar-refractivity contribution in [3.05, 3.63) is 0 Å². The normalized spacial score (nSPS) is 33.9. The largest absolute Gasteiger partial charge is 0.313 e. The summed E-state index contributed by atoms with van der Waals surface area (Å²) in [4.78, 5) is 2.58. The van der Waals surface area contributed by atoms with Crippen molar-refractivity contribution in [2.24, 2.45) is 17.8 Å². The fraction of sp³-hybridized carbons (Fsp3) is 1.00. The van der Waals surface area contributed by atoms with E-state index in [-0.39, 0.29) is 0 Å². The summed E-state index contributed by atoms with van der Waals surface area (Å²) in [5.74, 6) is 2.76. The molecule has 2 fully saturated rings. The van der Waals surface area contributed by atoms with Gasteiger partial charge in [-0.15, -0.1) is 0 Å². The second-order valence-corrected chi connectivity index (χ2v) is 5.99. The molecule has 1 aliphatic heterocycles. The minimum atomic E-state index is 0.768. The maximum absolute atomic E-state index is 3.81. The first kappa shape index (κ1) is 12.4. The van der Waals surface area contributed by atoms with Gasteiger partial charge in [0.1, 0.15) is 0 Å². The van der Waals surface area contributed by atoms with Gasteiger partial charge in [-0.2, -0.15) is 0 Å². The molecule has 0 radical (unpaired) electrons. The van der Waals surface area contributed by atoms with Crippen molar-refractivity contribution in [3.63, 3.8) is 0 Å². The summed E-state index contributed by atoms with van der Waals surface area (Å²) >= 11 is 0. The highest BCUT2D eigenvalue weighted by molar-refractivity contribution is 4.85. The minimum absolute atomic E-state index is 0.768. The van der Waals surface area contributed by atoms with Crippen LogP contribution in [0, 0.1) is 17.8 Å². The number of hydrogen-bond donors (Lipinski definition) is 1. The third kappa shape index (κ3) is 3.21. The molecular weight excluding hydrogens is 196 g/mol. The summed E-state index contributed by atoms with van der Waals surface area (Å²) in [6.07, 6.45) is 4.30. The van der Waals surface area contributed by atoms with Crippen LogP contribution < -0.4 is 5.32 Å². The van der Waals surface area contributed by atoms with Gasteiger partial charge in [-0.1, -0.05) is 20.8 Å². The Bertz CT molecular complexity index is 213. The molecule has 0 amide bonds. The van der Waals surface area contributed by atoms with Gasteiger partial charge in [0, 0.05) is 12.6 Å². The molecule has 3 atom stereocenters. The van der Waals surface area contributed by atoms with Crippen LogP contribution in [0.3, 0.4) is 0 Å². The van der Waals surface area contributed by atoms with E-state index in [9.17, 15) is 0 Å². The van der Waals surface area contributed by atoms with E-state index in [0.717, 1.165) is 23.8 Å². The average molecular weight is 224 g/mol. The van der Waals surface area contributed by atoms with E-state index in [2.05, 4.69) is 31.0 Å². The molecule has 2 heteroatoms. The zero-order chi connectivity index (χ0) is 11.5. The Morgan fingerprint density at radius 2 is 2.06 bits per heavy atom. The van der Waals surface area contributed by atoms with E-state index < -0.39 is 0 Å². The fourth-order valence-electron chi connectivity index (χ4n) is 2.99. The van der Waals surface area contributed by atoms with Crippen molar-refractivity contribution in [1.82, 2.24) is 10.2 Å². The second-order valence-electron chi connectivity index (χ2n) is 5.99. The summed E-state index contributed by atoms with van der Waals surface area (Å²) in [5.41, 5.74) is 0. The monoisotopic (exact) mass is 224 g/mol. The van der Waals surface area contributed by atoms with Crippen LogP contribution in [-0.2, 0) is 0 Å². The molecule has 2 aliphatic rings. The van der Waals surface area contributed by atoms with Crippen LogP contribution in [0.4, 0.5) is 0 Å². The van der Waals surface area contributed by atoms with E-state index in [1.54, 1.807) is 0 Å². The number of rotatable bonds is 5. The zero-order valence-electron chi connectivity index (χ0n) is 11.2. The van der Waals surface area contributed by atoms with E-state index in [1.165, 1.54) is 45.4 Å². The van der Waals surface area contributed by atoms with E-state index >= 15 is 0 Å². The summed E-state index contributed by atoms with van der Waals surface area (Å²) in [6.45, 7) is 12.1. The smallest absolute Gasteiger partial charge is 0.0117 e. The van der Waals surface area contributed by atoms with Crippen molar-refractivity contribution in [2.45, 2.75) is 46.1 Å². The maximum Gasteiger partial charge on any atom is 0.0117 e. The average Bonchev–Trinajstić information content (AvgIpc) is 3.10. The molecule has 2 rings (SSSR count). The van der Waals surface area contributed by atoms with Crippen molar-refractivity contribution in [2.75, 3.05) is 26.2 Å². The Labute approximate surface area is 101 Å². The lowest BCUT2D eigenvalue weighted by atomic mass is 9.93. The predicted octanol–water partition coefficient (Wildman–Crippen LogP) is 2.35. The Morgan fingerprint density at radius 3 is 2.62 bits per heavy atom. The van der Waals surface area contributed by atoms with Gasteiger partial charge in [0.05, 0.1) is 0 Å². The fourth-order valence-corrected chi connectivity index (χ4v) is 2.99. The van der Waals surface area contributed by atoms with Gasteiger partial charge < -0.3 is 10.2 Å². The third-order valence-corrected chi connectivity index (χ3v) is 4.57. The first-order valence-electron chi connectivity index (χ1n) is 7.16. The second kappa shape index (κ2) is 5.50. The molecule has 0 aromatic heterocycles. The quantitative estimate of drug-likeness (QED) is 0.771. The molecule has 1 heterocycles. The zero-order valence-corrected chi connectivity index (χ0v) is 11.2. The third-order valence-electron chi connectivity index (χ3n) is 4.57. The van der Waals surface area contributed by atoms with E-state index in [1.807, 2.05) is 0 Å². The van der Waals surface area contributed by atoms with Crippen LogP contribution in [0.25, 0.3) is 0 Å². The molecule has 0 spiro atoms. The van der Waals surface area contributed by atoms with Crippen LogP contribution in [0.5, 0.6) is 0 Å². The van der Waals surface area contributed by atoms with Crippen molar-refractivity contribution < 1.29 is 0 Å². The van der Waals surface area contributed by atoms with Gasteiger partial charge in [-0.3, -0.25) is 0 Å². The molecule has 94 valence electrons. The van der Waals surface area contributed by atoms with Gasteiger partial charge in [-0.25, -0.2) is 0 Å². The molecule has 1 saturated heterocycles. The molecule has 0 bridgehead atoms. The van der Waals surface area contributed by atoms with Crippen LogP contribution in [0.15, 0.2) is 0 Å². The number of nitrogens with one attached hydrogen (secondary N) is 1. The topological polar surface area (TPSA) is 15.3 Å². The Kier molecular flexibility index (Phi) is 4.26. The van der Waals surface area contributed by atoms with Gasteiger partial charge >= 0.3 is 0 Å².